The van der Waals surface area contributed by atoms with Crippen molar-refractivity contribution in [1.29, 1.82) is 0 Å². The Kier molecular flexibility index (Phi) is 7.63. The number of nitrogens with zero attached hydrogens (tertiary/aromatic N) is 3. The van der Waals surface area contributed by atoms with E-state index in [1.54, 1.807) is 31.0 Å². The lowest BCUT2D eigenvalue weighted by molar-refractivity contribution is -0.132. The number of likely N-dealkylation sites (N-methyl/N-ethyl adjacent to an activating group) is 1. The third kappa shape index (κ3) is 5.99. The molecule has 1 aliphatic heterocycles. The second-order valence-electron chi connectivity index (χ2n) is 5.63. The smallest absolute Gasteiger partial charge is 0.239 e. The molecule has 0 bridgehead atoms. The van der Waals surface area contributed by atoms with E-state index in [-0.39, 0.29) is 11.8 Å². The lowest BCUT2D eigenvalue weighted by Crippen LogP contribution is -2.46. The van der Waals surface area contributed by atoms with Gasteiger partial charge in [0.1, 0.15) is 0 Å². The Bertz CT molecular complexity index is 349. The molecule has 0 saturated carbocycles. The lowest BCUT2D eigenvalue weighted by atomic mass is 10.2. The van der Waals surface area contributed by atoms with E-state index in [0.717, 1.165) is 13.0 Å². The van der Waals surface area contributed by atoms with Crippen molar-refractivity contribution < 1.29 is 14.3 Å². The van der Waals surface area contributed by atoms with Crippen molar-refractivity contribution in [3.05, 3.63) is 0 Å². The van der Waals surface area contributed by atoms with Crippen LogP contribution in [0.25, 0.3) is 0 Å². The van der Waals surface area contributed by atoms with Gasteiger partial charge in [-0.25, -0.2) is 0 Å². The summed E-state index contributed by atoms with van der Waals surface area (Å²) in [5.74, 6) is 0.0689. The van der Waals surface area contributed by atoms with Crippen LogP contribution in [0.1, 0.15) is 12.8 Å². The van der Waals surface area contributed by atoms with Crippen LogP contribution in [0.2, 0.25) is 0 Å². The molecule has 1 heterocycles. The zero-order valence-corrected chi connectivity index (χ0v) is 13.4. The Morgan fingerprint density at radius 2 is 1.95 bits per heavy atom. The molecule has 0 radical (unpaired) electrons. The summed E-state index contributed by atoms with van der Waals surface area (Å²) in [4.78, 5) is 29.5. The van der Waals surface area contributed by atoms with Gasteiger partial charge in [0.05, 0.1) is 12.6 Å². The van der Waals surface area contributed by atoms with Crippen LogP contribution < -0.4 is 5.73 Å². The average molecular weight is 300 g/mol. The Balaban J connectivity index is 2.44. The number of methoxy groups -OCH3 is 1. The van der Waals surface area contributed by atoms with E-state index in [1.807, 2.05) is 0 Å². The summed E-state index contributed by atoms with van der Waals surface area (Å²) in [6.45, 7) is 3.76. The van der Waals surface area contributed by atoms with Gasteiger partial charge < -0.3 is 20.3 Å². The van der Waals surface area contributed by atoms with Crippen LogP contribution in [0.3, 0.4) is 0 Å². The molecule has 122 valence electrons. The largest absolute Gasteiger partial charge is 0.385 e. The molecule has 1 rings (SSSR count). The van der Waals surface area contributed by atoms with E-state index in [9.17, 15) is 9.59 Å². The van der Waals surface area contributed by atoms with Crippen molar-refractivity contribution in [2.45, 2.75) is 18.9 Å². The molecule has 1 unspecified atom stereocenters. The molecule has 1 atom stereocenters. The number of hydrogen-bond donors (Lipinski definition) is 1. The van der Waals surface area contributed by atoms with Crippen molar-refractivity contribution in [2.24, 2.45) is 5.73 Å². The summed E-state index contributed by atoms with van der Waals surface area (Å²) in [6.07, 6.45) is 1.40. The molecule has 1 saturated heterocycles. The first-order valence-corrected chi connectivity index (χ1v) is 7.41. The summed E-state index contributed by atoms with van der Waals surface area (Å²) >= 11 is 0. The van der Waals surface area contributed by atoms with Crippen LogP contribution in [0.4, 0.5) is 0 Å². The fraction of sp³-hybridized carbons (Fsp3) is 0.857. The molecule has 21 heavy (non-hydrogen) atoms. The van der Waals surface area contributed by atoms with Gasteiger partial charge in [-0.15, -0.1) is 0 Å². The molecule has 7 nitrogen and oxygen atoms in total. The molecular weight excluding hydrogens is 272 g/mol. The summed E-state index contributed by atoms with van der Waals surface area (Å²) < 4.78 is 4.96. The maximum absolute atomic E-state index is 12.2. The number of carbonyl (C=O) groups is 2. The number of nitrogens with two attached hydrogens (primary N) is 1. The second kappa shape index (κ2) is 8.96. The van der Waals surface area contributed by atoms with Crippen LogP contribution in [0, 0.1) is 0 Å². The van der Waals surface area contributed by atoms with Gasteiger partial charge in [0.15, 0.2) is 0 Å². The fourth-order valence-electron chi connectivity index (χ4n) is 2.28. The van der Waals surface area contributed by atoms with Gasteiger partial charge >= 0.3 is 0 Å². The Hall–Kier alpha value is -1.18. The minimum absolute atomic E-state index is 0.0205. The zero-order valence-electron chi connectivity index (χ0n) is 13.4. The van der Waals surface area contributed by atoms with E-state index in [0.29, 0.717) is 39.2 Å². The molecule has 7 heteroatoms. The van der Waals surface area contributed by atoms with Gasteiger partial charge in [-0.1, -0.05) is 0 Å². The number of ether oxygens (including phenoxy) is 1. The molecule has 2 N–H and O–H groups in total. The van der Waals surface area contributed by atoms with Gasteiger partial charge in [-0.2, -0.15) is 0 Å². The standard InChI is InChI=1S/C14H28N4O3/c1-16(2)13(19)11-17-6-4-7-18(9-8-17)14(20)12(15)5-10-21-3/h12H,4-11,15H2,1-3H3. The van der Waals surface area contributed by atoms with Gasteiger partial charge in [-0.05, 0) is 12.8 Å². The van der Waals surface area contributed by atoms with Gasteiger partial charge in [0, 0.05) is 54.0 Å². The normalized spacial score (nSPS) is 18.2. The van der Waals surface area contributed by atoms with Crippen molar-refractivity contribution in [3.8, 4) is 0 Å². The average Bonchev–Trinajstić information content (AvgIpc) is 2.69. The van der Waals surface area contributed by atoms with E-state index >= 15 is 0 Å². The van der Waals surface area contributed by atoms with Crippen molar-refractivity contribution in [1.82, 2.24) is 14.7 Å². The Morgan fingerprint density at radius 3 is 2.57 bits per heavy atom. The van der Waals surface area contributed by atoms with Gasteiger partial charge in [-0.3, -0.25) is 14.5 Å². The minimum atomic E-state index is -0.500. The highest BCUT2D eigenvalue weighted by Gasteiger charge is 2.24. The molecule has 0 spiro atoms. The summed E-state index contributed by atoms with van der Waals surface area (Å²) in [5, 5.41) is 0. The topological polar surface area (TPSA) is 79.1 Å². The van der Waals surface area contributed by atoms with E-state index in [1.165, 1.54) is 0 Å². The van der Waals surface area contributed by atoms with Gasteiger partial charge in [0.2, 0.25) is 11.8 Å². The highest BCUT2D eigenvalue weighted by atomic mass is 16.5. The summed E-state index contributed by atoms with van der Waals surface area (Å²) in [6, 6.07) is -0.500. The van der Waals surface area contributed by atoms with Crippen LogP contribution in [-0.4, -0.2) is 93.1 Å². The Morgan fingerprint density at radius 1 is 1.24 bits per heavy atom. The molecule has 0 aliphatic carbocycles. The first-order valence-electron chi connectivity index (χ1n) is 7.41. The third-order valence-electron chi connectivity index (χ3n) is 3.71. The number of rotatable bonds is 6. The first-order chi connectivity index (χ1) is 9.95. The molecule has 0 aromatic heterocycles. The maximum atomic E-state index is 12.2. The zero-order chi connectivity index (χ0) is 15.8. The van der Waals surface area contributed by atoms with Gasteiger partial charge in [0.25, 0.3) is 0 Å². The predicted molar refractivity (Wildman–Crippen MR) is 80.8 cm³/mol. The summed E-state index contributed by atoms with van der Waals surface area (Å²) in [7, 11) is 5.11. The molecule has 2 amide bonds. The van der Waals surface area contributed by atoms with Crippen molar-refractivity contribution in [2.75, 3.05) is 60.5 Å². The minimum Gasteiger partial charge on any atom is -0.385 e. The molecular formula is C14H28N4O3. The SMILES string of the molecule is COCCC(N)C(=O)N1CCCN(CC(=O)N(C)C)CC1. The quantitative estimate of drug-likeness (QED) is 0.679. The monoisotopic (exact) mass is 300 g/mol. The van der Waals surface area contributed by atoms with Crippen LogP contribution >= 0.6 is 0 Å². The first kappa shape index (κ1) is 17.9. The van der Waals surface area contributed by atoms with Crippen LogP contribution in [-0.2, 0) is 14.3 Å². The lowest BCUT2D eigenvalue weighted by Gasteiger charge is -2.24. The highest BCUT2D eigenvalue weighted by Crippen LogP contribution is 2.06. The second-order valence-corrected chi connectivity index (χ2v) is 5.63. The number of carbonyl (C=O) groups excluding carboxylic acids is 2. The molecule has 1 fully saturated rings. The highest BCUT2D eigenvalue weighted by molar-refractivity contribution is 5.81. The predicted octanol–water partition coefficient (Wildman–Crippen LogP) is -1.03. The maximum Gasteiger partial charge on any atom is 0.239 e. The Labute approximate surface area is 127 Å². The van der Waals surface area contributed by atoms with Crippen molar-refractivity contribution in [3.63, 3.8) is 0 Å². The van der Waals surface area contributed by atoms with Crippen molar-refractivity contribution >= 4 is 11.8 Å². The fourth-order valence-corrected chi connectivity index (χ4v) is 2.28. The van der Waals surface area contributed by atoms with E-state index < -0.39 is 6.04 Å². The van der Waals surface area contributed by atoms with Crippen LogP contribution in [0.15, 0.2) is 0 Å². The number of amides is 2. The van der Waals surface area contributed by atoms with E-state index in [4.69, 9.17) is 10.5 Å². The van der Waals surface area contributed by atoms with E-state index in [2.05, 4.69) is 4.90 Å². The summed E-state index contributed by atoms with van der Waals surface area (Å²) in [5.41, 5.74) is 5.89. The molecule has 0 aromatic carbocycles. The number of hydrogen-bond acceptors (Lipinski definition) is 5. The third-order valence-corrected chi connectivity index (χ3v) is 3.71. The molecule has 1 aliphatic rings. The molecule has 0 aromatic rings. The van der Waals surface area contributed by atoms with Crippen LogP contribution in [0.5, 0.6) is 0 Å².